The third-order valence-electron chi connectivity index (χ3n) is 5.74. The average Bonchev–Trinajstić information content (AvgIpc) is 3.55. The topological polar surface area (TPSA) is 72.2 Å². The summed E-state index contributed by atoms with van der Waals surface area (Å²) in [7, 11) is 3.21. The number of hydrogen-bond donors (Lipinski definition) is 0. The normalized spacial score (nSPS) is 10.7. The van der Waals surface area contributed by atoms with Crippen molar-refractivity contribution >= 4 is 23.2 Å². The van der Waals surface area contributed by atoms with Crippen LogP contribution in [0.5, 0.6) is 11.5 Å². The molecule has 3 aromatic rings. The first kappa shape index (κ1) is 26.3. The molecular weight excluding hydrogens is 464 g/mol. The van der Waals surface area contributed by atoms with Crippen LogP contribution in [0.1, 0.15) is 46.5 Å². The SMILES string of the molecule is CCCCN(CC(=O)N(CCc1ccc(OC)c(OC)c1)Cc1ccc(C)o1)C(=O)c1cccs1. The maximum atomic E-state index is 13.5. The molecule has 0 aliphatic carbocycles. The predicted molar refractivity (Wildman–Crippen MR) is 137 cm³/mol. The Balaban J connectivity index is 1.76. The molecule has 0 N–H and O–H groups in total. The molecule has 0 radical (unpaired) electrons. The lowest BCUT2D eigenvalue weighted by atomic mass is 10.1. The Labute approximate surface area is 211 Å². The molecule has 1 aromatic carbocycles. The van der Waals surface area contributed by atoms with Crippen molar-refractivity contribution in [3.05, 3.63) is 69.8 Å². The molecule has 0 spiro atoms. The number of nitrogens with zero attached hydrogens (tertiary/aromatic N) is 2. The Morgan fingerprint density at radius 3 is 2.43 bits per heavy atom. The van der Waals surface area contributed by atoms with Gasteiger partial charge in [-0.25, -0.2) is 0 Å². The molecule has 2 heterocycles. The molecule has 0 atom stereocenters. The van der Waals surface area contributed by atoms with Gasteiger partial charge in [0.15, 0.2) is 11.5 Å². The number of furan rings is 1. The van der Waals surface area contributed by atoms with Crippen molar-refractivity contribution in [2.75, 3.05) is 33.9 Å². The van der Waals surface area contributed by atoms with Crippen LogP contribution in [0.15, 0.2) is 52.3 Å². The van der Waals surface area contributed by atoms with Crippen molar-refractivity contribution in [3.63, 3.8) is 0 Å². The van der Waals surface area contributed by atoms with Gasteiger partial charge in [-0.2, -0.15) is 0 Å². The summed E-state index contributed by atoms with van der Waals surface area (Å²) in [6, 6.07) is 13.2. The van der Waals surface area contributed by atoms with Gasteiger partial charge in [-0.05, 0) is 61.0 Å². The van der Waals surface area contributed by atoms with E-state index in [0.29, 0.717) is 48.2 Å². The third kappa shape index (κ3) is 7.36. The second-order valence-electron chi connectivity index (χ2n) is 8.32. The van der Waals surface area contributed by atoms with Crippen LogP contribution in [-0.4, -0.2) is 55.5 Å². The molecule has 0 saturated heterocycles. The number of methoxy groups -OCH3 is 2. The Bertz CT molecular complexity index is 1090. The highest BCUT2D eigenvalue weighted by Crippen LogP contribution is 2.28. The minimum absolute atomic E-state index is 0.0301. The summed E-state index contributed by atoms with van der Waals surface area (Å²) < 4.78 is 16.5. The van der Waals surface area contributed by atoms with Gasteiger partial charge in [0.05, 0.1) is 25.6 Å². The summed E-state index contributed by atoms with van der Waals surface area (Å²) in [4.78, 5) is 30.6. The number of rotatable bonds is 13. The van der Waals surface area contributed by atoms with Crippen LogP contribution in [0.2, 0.25) is 0 Å². The fourth-order valence-corrected chi connectivity index (χ4v) is 4.46. The van der Waals surface area contributed by atoms with E-state index in [-0.39, 0.29) is 18.4 Å². The van der Waals surface area contributed by atoms with Gasteiger partial charge in [-0.1, -0.05) is 25.5 Å². The molecular formula is C27H34N2O5S. The summed E-state index contributed by atoms with van der Waals surface area (Å²) in [6.45, 7) is 5.35. The first-order valence-corrected chi connectivity index (χ1v) is 12.7. The van der Waals surface area contributed by atoms with E-state index in [1.807, 2.05) is 48.7 Å². The first-order chi connectivity index (χ1) is 16.9. The molecule has 3 rings (SSSR count). The van der Waals surface area contributed by atoms with Crippen molar-refractivity contribution < 1.29 is 23.5 Å². The second-order valence-corrected chi connectivity index (χ2v) is 9.27. The lowest BCUT2D eigenvalue weighted by Gasteiger charge is -2.27. The lowest BCUT2D eigenvalue weighted by Crippen LogP contribution is -2.43. The van der Waals surface area contributed by atoms with E-state index < -0.39 is 0 Å². The van der Waals surface area contributed by atoms with E-state index in [9.17, 15) is 9.59 Å². The number of amides is 2. The molecule has 2 amide bonds. The van der Waals surface area contributed by atoms with Crippen LogP contribution in [0.3, 0.4) is 0 Å². The number of ether oxygens (including phenoxy) is 2. The van der Waals surface area contributed by atoms with Crippen LogP contribution >= 0.6 is 11.3 Å². The number of unbranched alkanes of at least 4 members (excludes halogenated alkanes) is 1. The molecule has 0 fully saturated rings. The molecule has 0 saturated carbocycles. The quantitative estimate of drug-likeness (QED) is 0.325. The maximum absolute atomic E-state index is 13.5. The number of benzene rings is 1. The highest BCUT2D eigenvalue weighted by atomic mass is 32.1. The Morgan fingerprint density at radius 1 is 1.00 bits per heavy atom. The van der Waals surface area contributed by atoms with Crippen molar-refractivity contribution in [3.8, 4) is 11.5 Å². The fourth-order valence-electron chi connectivity index (χ4n) is 3.77. The molecule has 35 heavy (non-hydrogen) atoms. The third-order valence-corrected chi connectivity index (χ3v) is 6.60. The fraction of sp³-hybridized carbons (Fsp3) is 0.407. The van der Waals surface area contributed by atoms with Gasteiger partial charge in [0, 0.05) is 13.1 Å². The largest absolute Gasteiger partial charge is 0.493 e. The van der Waals surface area contributed by atoms with Gasteiger partial charge in [0.2, 0.25) is 5.91 Å². The monoisotopic (exact) mass is 498 g/mol. The summed E-state index contributed by atoms with van der Waals surface area (Å²) in [5.74, 6) is 2.61. The minimum Gasteiger partial charge on any atom is -0.493 e. The van der Waals surface area contributed by atoms with E-state index in [4.69, 9.17) is 13.9 Å². The predicted octanol–water partition coefficient (Wildman–Crippen LogP) is 5.18. The Morgan fingerprint density at radius 2 is 1.80 bits per heavy atom. The number of carbonyl (C=O) groups is 2. The van der Waals surface area contributed by atoms with Crippen molar-refractivity contribution in [2.24, 2.45) is 0 Å². The molecule has 2 aromatic heterocycles. The van der Waals surface area contributed by atoms with Crippen molar-refractivity contribution in [1.82, 2.24) is 9.80 Å². The van der Waals surface area contributed by atoms with Gasteiger partial charge in [-0.15, -0.1) is 11.3 Å². The van der Waals surface area contributed by atoms with E-state index in [0.717, 1.165) is 24.2 Å². The van der Waals surface area contributed by atoms with Gasteiger partial charge in [0.1, 0.15) is 18.1 Å². The molecule has 0 unspecified atom stereocenters. The Kier molecular flexibility index (Phi) is 9.78. The smallest absolute Gasteiger partial charge is 0.264 e. The maximum Gasteiger partial charge on any atom is 0.264 e. The number of thiophene rings is 1. The van der Waals surface area contributed by atoms with Gasteiger partial charge in [-0.3, -0.25) is 9.59 Å². The molecule has 0 aliphatic rings. The molecule has 0 aliphatic heterocycles. The Hall–Kier alpha value is -3.26. The summed E-state index contributed by atoms with van der Waals surface area (Å²) >= 11 is 1.39. The first-order valence-electron chi connectivity index (χ1n) is 11.8. The summed E-state index contributed by atoms with van der Waals surface area (Å²) in [6.07, 6.45) is 2.41. The van der Waals surface area contributed by atoms with Crippen LogP contribution in [0, 0.1) is 6.92 Å². The molecule has 0 bridgehead atoms. The zero-order valence-corrected chi connectivity index (χ0v) is 21.7. The average molecular weight is 499 g/mol. The van der Waals surface area contributed by atoms with E-state index >= 15 is 0 Å². The lowest BCUT2D eigenvalue weighted by molar-refractivity contribution is -0.132. The summed E-state index contributed by atoms with van der Waals surface area (Å²) in [5.41, 5.74) is 1.02. The van der Waals surface area contributed by atoms with E-state index in [1.54, 1.807) is 30.1 Å². The number of aryl methyl sites for hydroxylation is 1. The zero-order chi connectivity index (χ0) is 25.2. The minimum atomic E-state index is -0.111. The highest BCUT2D eigenvalue weighted by Gasteiger charge is 2.23. The van der Waals surface area contributed by atoms with E-state index in [1.165, 1.54) is 11.3 Å². The van der Waals surface area contributed by atoms with Crippen molar-refractivity contribution in [2.45, 2.75) is 39.7 Å². The second kappa shape index (κ2) is 13.0. The van der Waals surface area contributed by atoms with Crippen LogP contribution in [-0.2, 0) is 17.8 Å². The molecule has 8 heteroatoms. The van der Waals surface area contributed by atoms with Crippen LogP contribution in [0.4, 0.5) is 0 Å². The van der Waals surface area contributed by atoms with Crippen LogP contribution < -0.4 is 9.47 Å². The van der Waals surface area contributed by atoms with Gasteiger partial charge >= 0.3 is 0 Å². The zero-order valence-electron chi connectivity index (χ0n) is 20.9. The van der Waals surface area contributed by atoms with Crippen LogP contribution in [0.25, 0.3) is 0 Å². The highest BCUT2D eigenvalue weighted by molar-refractivity contribution is 7.12. The van der Waals surface area contributed by atoms with Gasteiger partial charge < -0.3 is 23.7 Å². The standard InChI is InChI=1S/C27H34N2O5S/c1-5-6-14-29(27(31)25-8-7-16-35-25)19-26(30)28(18-22-11-9-20(2)34-22)15-13-21-10-12-23(32-3)24(17-21)33-4/h7-12,16-17H,5-6,13-15,18-19H2,1-4H3. The molecule has 7 nitrogen and oxygen atoms in total. The number of hydrogen-bond acceptors (Lipinski definition) is 6. The number of carbonyl (C=O) groups excluding carboxylic acids is 2. The van der Waals surface area contributed by atoms with E-state index in [2.05, 4.69) is 6.92 Å². The molecule has 188 valence electrons. The van der Waals surface area contributed by atoms with Gasteiger partial charge in [0.25, 0.3) is 5.91 Å². The van der Waals surface area contributed by atoms with Crippen molar-refractivity contribution in [1.29, 1.82) is 0 Å². The summed E-state index contributed by atoms with van der Waals surface area (Å²) in [5, 5.41) is 1.88.